The molecule has 1 aromatic rings. The van der Waals surface area contributed by atoms with Crippen LogP contribution in [-0.2, 0) is 22.6 Å². The van der Waals surface area contributed by atoms with E-state index in [1.165, 1.54) is 0 Å². The highest BCUT2D eigenvalue weighted by Crippen LogP contribution is 2.27. The number of nitrogens with one attached hydrogen (secondary N) is 1. The highest BCUT2D eigenvalue weighted by Gasteiger charge is 2.41. The number of carbonyl (C=O) groups is 2. The van der Waals surface area contributed by atoms with Gasteiger partial charge in [-0.1, -0.05) is 24.3 Å². The predicted molar refractivity (Wildman–Crippen MR) is 101 cm³/mol. The highest BCUT2D eigenvalue weighted by atomic mass is 16.2. The average Bonchev–Trinajstić information content (AvgIpc) is 2.89. The molecule has 2 aliphatic rings. The molecule has 3 atom stereocenters. The van der Waals surface area contributed by atoms with Gasteiger partial charge in [0.15, 0.2) is 0 Å². The van der Waals surface area contributed by atoms with Crippen molar-refractivity contribution in [2.75, 3.05) is 13.6 Å². The summed E-state index contributed by atoms with van der Waals surface area (Å²) in [5.74, 6) is -0.0886. The number of nitrogens with zero attached hydrogens (tertiary/aromatic N) is 2. The zero-order chi connectivity index (χ0) is 19.1. The Morgan fingerprint density at radius 1 is 1.15 bits per heavy atom. The van der Waals surface area contributed by atoms with Crippen molar-refractivity contribution in [3.63, 3.8) is 0 Å². The average molecular weight is 358 g/mol. The van der Waals surface area contributed by atoms with Crippen LogP contribution >= 0.6 is 0 Å². The largest absolute Gasteiger partial charge is 0.350 e. The number of hydrogen-bond donors (Lipinski definition) is 2. The number of carbonyl (C=O) groups excluding carboxylic acids is 2. The topological polar surface area (TPSA) is 78.7 Å². The Hall–Kier alpha value is -1.92. The smallest absolute Gasteiger partial charge is 0.243 e. The zero-order valence-electron chi connectivity index (χ0n) is 16.2. The molecule has 0 aromatic heterocycles. The van der Waals surface area contributed by atoms with Crippen LogP contribution in [0.15, 0.2) is 24.3 Å². The van der Waals surface area contributed by atoms with Crippen molar-refractivity contribution in [1.29, 1.82) is 0 Å². The molecular weight excluding hydrogens is 328 g/mol. The predicted octanol–water partition coefficient (Wildman–Crippen LogP) is 0.886. The van der Waals surface area contributed by atoms with Crippen molar-refractivity contribution in [3.05, 3.63) is 35.4 Å². The SMILES string of the molecule is CN1C[C@@H](N)C[C@H]1C(=O)N1Cc2ccccc2C[C@H]1C(=O)NC(C)(C)C. The fourth-order valence-electron chi connectivity index (χ4n) is 3.96. The Kier molecular flexibility index (Phi) is 5.08. The molecule has 1 saturated heterocycles. The standard InChI is InChI=1S/C20H30N4O2/c1-20(2,3)22-18(25)16-9-13-7-5-6-8-14(13)11-24(16)19(26)17-10-15(21)12-23(17)4/h5-8,15-17H,9-12,21H2,1-4H3,(H,22,25)/t15-,16-,17-/m0/s1. The Morgan fingerprint density at radius 2 is 1.81 bits per heavy atom. The van der Waals surface area contributed by atoms with E-state index in [0.29, 0.717) is 25.9 Å². The maximum atomic E-state index is 13.3. The van der Waals surface area contributed by atoms with Gasteiger partial charge in [-0.05, 0) is 45.4 Å². The van der Waals surface area contributed by atoms with E-state index >= 15 is 0 Å². The molecule has 3 N–H and O–H groups in total. The van der Waals surface area contributed by atoms with E-state index in [1.54, 1.807) is 4.90 Å². The molecule has 6 heteroatoms. The first-order chi connectivity index (χ1) is 12.2. The van der Waals surface area contributed by atoms with Crippen LogP contribution < -0.4 is 11.1 Å². The van der Waals surface area contributed by atoms with E-state index in [9.17, 15) is 9.59 Å². The summed E-state index contributed by atoms with van der Waals surface area (Å²) in [6, 6.07) is 7.33. The first-order valence-corrected chi connectivity index (χ1v) is 9.31. The molecule has 2 heterocycles. The van der Waals surface area contributed by atoms with Crippen LogP contribution in [0.5, 0.6) is 0 Å². The van der Waals surface area contributed by atoms with Crippen molar-refractivity contribution < 1.29 is 9.59 Å². The van der Waals surface area contributed by atoms with E-state index in [1.807, 2.05) is 57.0 Å². The Morgan fingerprint density at radius 3 is 2.38 bits per heavy atom. The van der Waals surface area contributed by atoms with Gasteiger partial charge >= 0.3 is 0 Å². The molecule has 2 amide bonds. The Bertz CT molecular complexity index is 697. The van der Waals surface area contributed by atoms with E-state index < -0.39 is 6.04 Å². The molecule has 2 aliphatic heterocycles. The number of likely N-dealkylation sites (tertiary alicyclic amines) is 1. The van der Waals surface area contributed by atoms with Gasteiger partial charge in [0.05, 0.1) is 6.04 Å². The number of rotatable bonds is 2. The van der Waals surface area contributed by atoms with Crippen LogP contribution in [0.4, 0.5) is 0 Å². The molecule has 0 unspecified atom stereocenters. The van der Waals surface area contributed by atoms with Crippen LogP contribution in [0.3, 0.4) is 0 Å². The normalized spacial score (nSPS) is 26.5. The summed E-state index contributed by atoms with van der Waals surface area (Å²) < 4.78 is 0. The molecule has 6 nitrogen and oxygen atoms in total. The number of nitrogens with two attached hydrogens (primary N) is 1. The monoisotopic (exact) mass is 358 g/mol. The van der Waals surface area contributed by atoms with Crippen molar-refractivity contribution in [2.24, 2.45) is 5.73 Å². The Balaban J connectivity index is 1.88. The lowest BCUT2D eigenvalue weighted by atomic mass is 9.92. The van der Waals surface area contributed by atoms with Crippen LogP contribution in [0.25, 0.3) is 0 Å². The summed E-state index contributed by atoms with van der Waals surface area (Å²) in [5, 5.41) is 3.04. The van der Waals surface area contributed by atoms with Crippen LogP contribution in [0.2, 0.25) is 0 Å². The quantitative estimate of drug-likeness (QED) is 0.823. The van der Waals surface area contributed by atoms with E-state index in [0.717, 1.165) is 11.1 Å². The molecule has 0 saturated carbocycles. The van der Waals surface area contributed by atoms with Crippen molar-refractivity contribution >= 4 is 11.8 Å². The first kappa shape index (κ1) is 18.9. The lowest BCUT2D eigenvalue weighted by Gasteiger charge is -2.39. The first-order valence-electron chi connectivity index (χ1n) is 9.31. The summed E-state index contributed by atoms with van der Waals surface area (Å²) in [7, 11) is 1.93. The summed E-state index contributed by atoms with van der Waals surface area (Å²) in [4.78, 5) is 30.0. The maximum absolute atomic E-state index is 13.3. The second-order valence-electron chi connectivity index (χ2n) is 8.65. The third kappa shape index (κ3) is 3.91. The molecule has 1 aromatic carbocycles. The summed E-state index contributed by atoms with van der Waals surface area (Å²) in [6.07, 6.45) is 1.19. The van der Waals surface area contributed by atoms with Crippen LogP contribution in [-0.4, -0.2) is 58.9 Å². The number of likely N-dealkylation sites (N-methyl/N-ethyl adjacent to an activating group) is 1. The van der Waals surface area contributed by atoms with Gasteiger partial charge in [-0.25, -0.2) is 0 Å². The minimum Gasteiger partial charge on any atom is -0.350 e. The molecule has 3 rings (SSSR count). The van der Waals surface area contributed by atoms with E-state index in [2.05, 4.69) is 5.32 Å². The van der Waals surface area contributed by atoms with Crippen molar-refractivity contribution in [3.8, 4) is 0 Å². The number of hydrogen-bond acceptors (Lipinski definition) is 4. The van der Waals surface area contributed by atoms with Gasteiger partial charge in [0.25, 0.3) is 0 Å². The van der Waals surface area contributed by atoms with Gasteiger partial charge in [0.2, 0.25) is 11.8 Å². The van der Waals surface area contributed by atoms with Gasteiger partial charge in [0.1, 0.15) is 6.04 Å². The fraction of sp³-hybridized carbons (Fsp3) is 0.600. The maximum Gasteiger partial charge on any atom is 0.243 e. The van der Waals surface area contributed by atoms with Gasteiger partial charge in [-0.2, -0.15) is 0 Å². The molecule has 26 heavy (non-hydrogen) atoms. The third-order valence-corrected chi connectivity index (χ3v) is 5.20. The second-order valence-corrected chi connectivity index (χ2v) is 8.65. The summed E-state index contributed by atoms with van der Waals surface area (Å²) in [5.41, 5.74) is 7.96. The minimum atomic E-state index is -0.484. The number of benzene rings is 1. The third-order valence-electron chi connectivity index (χ3n) is 5.20. The van der Waals surface area contributed by atoms with Gasteiger partial charge < -0.3 is 16.0 Å². The van der Waals surface area contributed by atoms with Crippen molar-refractivity contribution in [2.45, 2.75) is 63.8 Å². The number of fused-ring (bicyclic) bond motifs is 1. The zero-order valence-corrected chi connectivity index (χ0v) is 16.2. The number of amides is 2. The lowest BCUT2D eigenvalue weighted by Crippen LogP contribution is -2.58. The fourth-order valence-corrected chi connectivity index (χ4v) is 3.96. The molecule has 0 spiro atoms. The summed E-state index contributed by atoms with van der Waals surface area (Å²) >= 11 is 0. The van der Waals surface area contributed by atoms with Gasteiger partial charge in [-0.3, -0.25) is 14.5 Å². The molecule has 0 radical (unpaired) electrons. The van der Waals surface area contributed by atoms with Gasteiger partial charge in [0, 0.05) is 31.1 Å². The second kappa shape index (κ2) is 7.00. The lowest BCUT2D eigenvalue weighted by molar-refractivity contribution is -0.145. The molecule has 1 fully saturated rings. The minimum absolute atomic E-state index is 0.00372. The van der Waals surface area contributed by atoms with Crippen LogP contribution in [0, 0.1) is 0 Å². The van der Waals surface area contributed by atoms with Crippen LogP contribution in [0.1, 0.15) is 38.3 Å². The van der Waals surface area contributed by atoms with Gasteiger partial charge in [-0.15, -0.1) is 0 Å². The molecule has 0 aliphatic carbocycles. The molecular formula is C20H30N4O2. The molecule has 0 bridgehead atoms. The van der Waals surface area contributed by atoms with Crippen molar-refractivity contribution in [1.82, 2.24) is 15.1 Å². The van der Waals surface area contributed by atoms with E-state index in [4.69, 9.17) is 5.73 Å². The Labute approximate surface area is 155 Å². The highest BCUT2D eigenvalue weighted by molar-refractivity contribution is 5.91. The van der Waals surface area contributed by atoms with E-state index in [-0.39, 0.29) is 29.4 Å². The summed E-state index contributed by atoms with van der Waals surface area (Å²) in [6.45, 7) is 7.04. The molecule has 142 valence electrons.